The lowest BCUT2D eigenvalue weighted by atomic mass is 10.1. The van der Waals surface area contributed by atoms with Crippen molar-refractivity contribution in [2.45, 2.75) is 13.5 Å². The van der Waals surface area contributed by atoms with Gasteiger partial charge in [-0.1, -0.05) is 23.8 Å². The number of nitrogens with zero attached hydrogens (tertiary/aromatic N) is 2. The van der Waals surface area contributed by atoms with E-state index in [0.717, 1.165) is 24.4 Å². The number of aryl methyl sites for hydroxylation is 1. The molecule has 1 aliphatic heterocycles. The molecule has 0 spiro atoms. The topological polar surface area (TPSA) is 58.1 Å². The van der Waals surface area contributed by atoms with Crippen LogP contribution in [0.4, 0.5) is 10.1 Å². The van der Waals surface area contributed by atoms with E-state index in [9.17, 15) is 4.39 Å². The molecular weight excluding hydrogens is 371 g/mol. The van der Waals surface area contributed by atoms with E-state index in [1.54, 1.807) is 13.1 Å². The molecule has 156 valence electrons. The molecule has 0 bridgehead atoms. The molecule has 2 N–H and O–H groups in total. The Bertz CT molecular complexity index is 805. The molecule has 0 aromatic heterocycles. The van der Waals surface area contributed by atoms with Crippen molar-refractivity contribution in [1.82, 2.24) is 10.6 Å². The molecule has 0 saturated carbocycles. The Morgan fingerprint density at radius 3 is 2.59 bits per heavy atom. The van der Waals surface area contributed by atoms with Gasteiger partial charge in [0.15, 0.2) is 5.96 Å². The predicted molar refractivity (Wildman–Crippen MR) is 114 cm³/mol. The predicted octanol–water partition coefficient (Wildman–Crippen LogP) is 2.71. The van der Waals surface area contributed by atoms with E-state index < -0.39 is 0 Å². The van der Waals surface area contributed by atoms with Crippen LogP contribution < -0.4 is 20.3 Å². The number of aliphatic imine (C=N–C) groups is 1. The van der Waals surface area contributed by atoms with Gasteiger partial charge in [-0.2, -0.15) is 0 Å². The van der Waals surface area contributed by atoms with Crippen LogP contribution in [-0.4, -0.2) is 52.5 Å². The van der Waals surface area contributed by atoms with Crippen molar-refractivity contribution in [3.63, 3.8) is 0 Å². The normalized spacial score (nSPS) is 14.6. The smallest absolute Gasteiger partial charge is 0.191 e. The molecule has 1 aliphatic rings. The summed E-state index contributed by atoms with van der Waals surface area (Å²) in [5, 5.41) is 6.40. The van der Waals surface area contributed by atoms with Crippen LogP contribution in [0.15, 0.2) is 47.5 Å². The molecule has 0 unspecified atom stereocenters. The summed E-state index contributed by atoms with van der Waals surface area (Å²) in [6.45, 7) is 6.37. The van der Waals surface area contributed by atoms with Gasteiger partial charge in [-0.25, -0.2) is 4.39 Å². The third-order valence-corrected chi connectivity index (χ3v) is 4.73. The van der Waals surface area contributed by atoms with E-state index in [2.05, 4.69) is 15.6 Å². The molecule has 1 fully saturated rings. The minimum Gasteiger partial charge on any atom is -0.492 e. The Kier molecular flexibility index (Phi) is 7.69. The van der Waals surface area contributed by atoms with Gasteiger partial charge in [-0.3, -0.25) is 4.99 Å². The number of benzene rings is 2. The zero-order chi connectivity index (χ0) is 20.5. The summed E-state index contributed by atoms with van der Waals surface area (Å²) in [7, 11) is 1.71. The second kappa shape index (κ2) is 10.7. The third-order valence-electron chi connectivity index (χ3n) is 4.73. The summed E-state index contributed by atoms with van der Waals surface area (Å²) >= 11 is 0. The third kappa shape index (κ3) is 6.35. The van der Waals surface area contributed by atoms with Gasteiger partial charge in [0, 0.05) is 26.7 Å². The van der Waals surface area contributed by atoms with E-state index in [1.165, 1.54) is 5.56 Å². The minimum absolute atomic E-state index is 0.208. The van der Waals surface area contributed by atoms with Crippen LogP contribution in [0.3, 0.4) is 0 Å². The molecule has 2 aromatic carbocycles. The van der Waals surface area contributed by atoms with Crippen LogP contribution in [0.1, 0.15) is 11.1 Å². The Morgan fingerprint density at radius 2 is 1.90 bits per heavy atom. The van der Waals surface area contributed by atoms with E-state index >= 15 is 0 Å². The molecule has 0 amide bonds. The van der Waals surface area contributed by atoms with Gasteiger partial charge >= 0.3 is 0 Å². The van der Waals surface area contributed by atoms with Gasteiger partial charge in [-0.05, 0) is 36.8 Å². The fourth-order valence-electron chi connectivity index (χ4n) is 3.10. The zero-order valence-corrected chi connectivity index (χ0v) is 17.1. The molecule has 6 nitrogen and oxygen atoms in total. The number of hydrogen-bond acceptors (Lipinski definition) is 4. The van der Waals surface area contributed by atoms with E-state index in [0.29, 0.717) is 44.6 Å². The van der Waals surface area contributed by atoms with Crippen LogP contribution in [0.25, 0.3) is 0 Å². The van der Waals surface area contributed by atoms with Crippen LogP contribution in [0, 0.1) is 12.7 Å². The largest absolute Gasteiger partial charge is 0.492 e. The minimum atomic E-state index is -0.208. The molecule has 3 rings (SSSR count). The standard InChI is InChI=1S/C22H29FN4O2/c1-17-3-6-19(7-4-17)29-12-9-25-22(24-2)26-16-18-5-8-21(20(23)15-18)27-10-13-28-14-11-27/h3-8,15H,9-14,16H2,1-2H3,(H2,24,25,26). The van der Waals surface area contributed by atoms with Gasteiger partial charge in [0.05, 0.1) is 25.4 Å². The second-order valence-electron chi connectivity index (χ2n) is 6.90. The molecule has 7 heteroatoms. The average Bonchev–Trinajstić information content (AvgIpc) is 2.75. The number of hydrogen-bond donors (Lipinski definition) is 2. The molecule has 2 aromatic rings. The van der Waals surface area contributed by atoms with E-state index in [1.807, 2.05) is 48.2 Å². The molecule has 1 saturated heterocycles. The van der Waals surface area contributed by atoms with E-state index in [4.69, 9.17) is 9.47 Å². The summed E-state index contributed by atoms with van der Waals surface area (Å²) in [4.78, 5) is 6.21. The van der Waals surface area contributed by atoms with Crippen molar-refractivity contribution in [1.29, 1.82) is 0 Å². The Labute approximate surface area is 171 Å². The van der Waals surface area contributed by atoms with Crippen molar-refractivity contribution in [2.75, 3.05) is 51.4 Å². The molecular formula is C22H29FN4O2. The van der Waals surface area contributed by atoms with Gasteiger partial charge in [0.1, 0.15) is 18.2 Å². The van der Waals surface area contributed by atoms with Gasteiger partial charge in [0.25, 0.3) is 0 Å². The van der Waals surface area contributed by atoms with Crippen LogP contribution in [0.5, 0.6) is 5.75 Å². The first-order chi connectivity index (χ1) is 14.2. The first-order valence-electron chi connectivity index (χ1n) is 9.91. The highest BCUT2D eigenvalue weighted by Gasteiger charge is 2.15. The molecule has 0 aliphatic carbocycles. The number of morpholine rings is 1. The first-order valence-corrected chi connectivity index (χ1v) is 9.91. The lowest BCUT2D eigenvalue weighted by Crippen LogP contribution is -2.39. The number of nitrogens with one attached hydrogen (secondary N) is 2. The van der Waals surface area contributed by atoms with Crippen LogP contribution in [0.2, 0.25) is 0 Å². The SMILES string of the molecule is CN=C(NCCOc1ccc(C)cc1)NCc1ccc(N2CCOCC2)c(F)c1. The number of rotatable bonds is 7. The Morgan fingerprint density at radius 1 is 1.14 bits per heavy atom. The van der Waals surface area contributed by atoms with Crippen molar-refractivity contribution in [2.24, 2.45) is 4.99 Å². The molecule has 0 radical (unpaired) electrons. The Balaban J connectivity index is 1.42. The van der Waals surface area contributed by atoms with Crippen LogP contribution in [-0.2, 0) is 11.3 Å². The second-order valence-corrected chi connectivity index (χ2v) is 6.90. The van der Waals surface area contributed by atoms with E-state index in [-0.39, 0.29) is 5.82 Å². The van der Waals surface area contributed by atoms with Gasteiger partial charge in [0.2, 0.25) is 0 Å². The maximum atomic E-state index is 14.5. The van der Waals surface area contributed by atoms with Crippen LogP contribution >= 0.6 is 0 Å². The summed E-state index contributed by atoms with van der Waals surface area (Å²) in [5.74, 6) is 1.28. The number of ether oxygens (including phenoxy) is 2. The molecule has 1 heterocycles. The summed E-state index contributed by atoms with van der Waals surface area (Å²) in [6, 6.07) is 13.3. The fraction of sp³-hybridized carbons (Fsp3) is 0.409. The Hall–Kier alpha value is -2.80. The van der Waals surface area contributed by atoms with Gasteiger partial charge < -0.3 is 25.0 Å². The zero-order valence-electron chi connectivity index (χ0n) is 17.1. The number of halogens is 1. The van der Waals surface area contributed by atoms with Gasteiger partial charge in [-0.15, -0.1) is 0 Å². The first kappa shape index (κ1) is 20.9. The van der Waals surface area contributed by atoms with Crippen molar-refractivity contribution < 1.29 is 13.9 Å². The van der Waals surface area contributed by atoms with Crippen molar-refractivity contribution in [3.05, 3.63) is 59.4 Å². The maximum absolute atomic E-state index is 14.5. The monoisotopic (exact) mass is 400 g/mol. The van der Waals surface area contributed by atoms with Crippen molar-refractivity contribution >= 4 is 11.6 Å². The molecule has 29 heavy (non-hydrogen) atoms. The average molecular weight is 400 g/mol. The highest BCUT2D eigenvalue weighted by Crippen LogP contribution is 2.21. The lowest BCUT2D eigenvalue weighted by Gasteiger charge is -2.29. The summed E-state index contributed by atoms with van der Waals surface area (Å²) < 4.78 is 25.5. The fourth-order valence-corrected chi connectivity index (χ4v) is 3.10. The highest BCUT2D eigenvalue weighted by molar-refractivity contribution is 5.79. The van der Waals surface area contributed by atoms with Crippen molar-refractivity contribution in [3.8, 4) is 5.75 Å². The molecule has 0 atom stereocenters. The summed E-state index contributed by atoms with van der Waals surface area (Å²) in [5.41, 5.74) is 2.70. The lowest BCUT2D eigenvalue weighted by molar-refractivity contribution is 0.122. The number of guanidine groups is 1. The maximum Gasteiger partial charge on any atom is 0.191 e. The number of anilines is 1. The highest BCUT2D eigenvalue weighted by atomic mass is 19.1. The quantitative estimate of drug-likeness (QED) is 0.425. The summed E-state index contributed by atoms with van der Waals surface area (Å²) in [6.07, 6.45) is 0.